The standard InChI is InChI=1S/C14H8F3NO2S/c15-14(16,17)20-10-6-7-11-12(8-10)21-13(18-11)19-9-4-2-1-3-5-9/h1-8H. The third-order valence-electron chi connectivity index (χ3n) is 2.52. The molecule has 2 aromatic carbocycles. The van der Waals surface area contributed by atoms with E-state index in [0.29, 0.717) is 21.2 Å². The predicted octanol–water partition coefficient (Wildman–Crippen LogP) is 4.99. The van der Waals surface area contributed by atoms with Gasteiger partial charge in [0.15, 0.2) is 0 Å². The highest BCUT2D eigenvalue weighted by Gasteiger charge is 2.31. The van der Waals surface area contributed by atoms with E-state index in [-0.39, 0.29) is 5.75 Å². The molecular formula is C14H8F3NO2S. The Balaban J connectivity index is 1.86. The number of halogens is 3. The number of hydrogen-bond donors (Lipinski definition) is 0. The molecule has 0 saturated heterocycles. The Kier molecular flexibility index (Phi) is 3.42. The molecule has 0 unspecified atom stereocenters. The Hall–Kier alpha value is -2.28. The summed E-state index contributed by atoms with van der Waals surface area (Å²) in [6.45, 7) is 0. The van der Waals surface area contributed by atoms with Crippen molar-refractivity contribution in [2.45, 2.75) is 6.36 Å². The highest BCUT2D eigenvalue weighted by molar-refractivity contribution is 7.20. The van der Waals surface area contributed by atoms with Crippen molar-refractivity contribution >= 4 is 21.6 Å². The van der Waals surface area contributed by atoms with Gasteiger partial charge in [0, 0.05) is 6.07 Å². The summed E-state index contributed by atoms with van der Waals surface area (Å²) in [5.74, 6) is 0.341. The smallest absolute Gasteiger partial charge is 0.431 e. The molecule has 108 valence electrons. The zero-order chi connectivity index (χ0) is 14.9. The lowest BCUT2D eigenvalue weighted by Gasteiger charge is -2.07. The fourth-order valence-corrected chi connectivity index (χ4v) is 2.58. The molecule has 0 aliphatic rings. The van der Waals surface area contributed by atoms with Gasteiger partial charge < -0.3 is 9.47 Å². The number of ether oxygens (including phenoxy) is 2. The molecule has 1 aromatic heterocycles. The van der Waals surface area contributed by atoms with Gasteiger partial charge in [-0.2, -0.15) is 0 Å². The van der Waals surface area contributed by atoms with E-state index in [9.17, 15) is 13.2 Å². The molecule has 0 amide bonds. The van der Waals surface area contributed by atoms with Crippen molar-refractivity contribution in [3.8, 4) is 16.7 Å². The first kappa shape index (κ1) is 13.7. The van der Waals surface area contributed by atoms with Gasteiger partial charge in [0.1, 0.15) is 11.5 Å². The maximum absolute atomic E-state index is 12.2. The molecule has 21 heavy (non-hydrogen) atoms. The average molecular weight is 311 g/mol. The van der Waals surface area contributed by atoms with Crippen LogP contribution < -0.4 is 9.47 Å². The van der Waals surface area contributed by atoms with E-state index in [1.807, 2.05) is 18.2 Å². The second-order valence-corrected chi connectivity index (χ2v) is 5.07. The molecule has 3 nitrogen and oxygen atoms in total. The summed E-state index contributed by atoms with van der Waals surface area (Å²) < 4.78 is 46.5. The summed E-state index contributed by atoms with van der Waals surface area (Å²) in [6, 6.07) is 13.0. The molecule has 0 bridgehead atoms. The molecule has 0 aliphatic heterocycles. The topological polar surface area (TPSA) is 31.4 Å². The first-order chi connectivity index (χ1) is 9.99. The van der Waals surface area contributed by atoms with Crippen molar-refractivity contribution in [1.29, 1.82) is 0 Å². The van der Waals surface area contributed by atoms with E-state index in [1.165, 1.54) is 18.2 Å². The molecule has 0 saturated carbocycles. The molecule has 1 heterocycles. The van der Waals surface area contributed by atoms with E-state index in [1.54, 1.807) is 12.1 Å². The van der Waals surface area contributed by atoms with Crippen molar-refractivity contribution in [2.75, 3.05) is 0 Å². The van der Waals surface area contributed by atoms with Gasteiger partial charge in [-0.05, 0) is 24.3 Å². The van der Waals surface area contributed by atoms with Crippen LogP contribution in [0.2, 0.25) is 0 Å². The highest BCUT2D eigenvalue weighted by Crippen LogP contribution is 2.34. The molecule has 3 rings (SSSR count). The summed E-state index contributed by atoms with van der Waals surface area (Å²) in [6.07, 6.45) is -4.71. The number of rotatable bonds is 3. The second kappa shape index (κ2) is 5.25. The fourth-order valence-electron chi connectivity index (χ4n) is 1.71. The van der Waals surface area contributed by atoms with Gasteiger partial charge in [-0.3, -0.25) is 0 Å². The summed E-state index contributed by atoms with van der Waals surface area (Å²) in [5, 5.41) is 0.361. The van der Waals surface area contributed by atoms with Crippen LogP contribution in [0.25, 0.3) is 10.2 Å². The zero-order valence-electron chi connectivity index (χ0n) is 10.4. The van der Waals surface area contributed by atoms with Crippen molar-refractivity contribution in [1.82, 2.24) is 4.98 Å². The van der Waals surface area contributed by atoms with Crippen molar-refractivity contribution in [2.24, 2.45) is 0 Å². The molecule has 0 atom stereocenters. The van der Waals surface area contributed by atoms with Gasteiger partial charge in [-0.15, -0.1) is 13.2 Å². The third-order valence-corrected chi connectivity index (χ3v) is 3.42. The second-order valence-electron chi connectivity index (χ2n) is 4.07. The van der Waals surface area contributed by atoms with Gasteiger partial charge >= 0.3 is 6.36 Å². The Morgan fingerprint density at radius 2 is 1.71 bits per heavy atom. The van der Waals surface area contributed by atoms with Crippen LogP contribution in [-0.2, 0) is 0 Å². The minimum Gasteiger partial charge on any atom is -0.431 e. The summed E-state index contributed by atoms with van der Waals surface area (Å²) in [7, 11) is 0. The molecule has 7 heteroatoms. The number of benzene rings is 2. The van der Waals surface area contributed by atoms with Gasteiger partial charge in [-0.25, -0.2) is 4.98 Å². The van der Waals surface area contributed by atoms with Crippen molar-refractivity contribution in [3.63, 3.8) is 0 Å². The number of aromatic nitrogens is 1. The molecule has 0 N–H and O–H groups in total. The van der Waals surface area contributed by atoms with Crippen LogP contribution in [-0.4, -0.2) is 11.3 Å². The van der Waals surface area contributed by atoms with E-state index in [0.717, 1.165) is 11.3 Å². The van der Waals surface area contributed by atoms with E-state index >= 15 is 0 Å². The Labute approximate surface area is 121 Å². The number of para-hydroxylation sites is 1. The van der Waals surface area contributed by atoms with Crippen LogP contribution in [0.5, 0.6) is 16.7 Å². The first-order valence-corrected chi connectivity index (χ1v) is 6.70. The molecule has 0 radical (unpaired) electrons. The minimum absolute atomic E-state index is 0.273. The van der Waals surface area contributed by atoms with Gasteiger partial charge in [-0.1, -0.05) is 29.5 Å². The van der Waals surface area contributed by atoms with Crippen LogP contribution in [0.1, 0.15) is 0 Å². The number of alkyl halides is 3. The lowest BCUT2D eigenvalue weighted by molar-refractivity contribution is -0.274. The van der Waals surface area contributed by atoms with Crippen molar-refractivity contribution in [3.05, 3.63) is 48.5 Å². The van der Waals surface area contributed by atoms with Crippen LogP contribution >= 0.6 is 11.3 Å². The third kappa shape index (κ3) is 3.43. The van der Waals surface area contributed by atoms with Crippen LogP contribution in [0.4, 0.5) is 13.2 Å². The normalized spacial score (nSPS) is 11.6. The molecular weight excluding hydrogens is 303 g/mol. The van der Waals surface area contributed by atoms with E-state index < -0.39 is 6.36 Å². The summed E-state index contributed by atoms with van der Waals surface area (Å²) >= 11 is 1.15. The SMILES string of the molecule is FC(F)(F)Oc1ccc2nc(Oc3ccccc3)sc2c1. The van der Waals surface area contributed by atoms with Crippen LogP contribution in [0.15, 0.2) is 48.5 Å². The molecule has 3 aromatic rings. The Morgan fingerprint density at radius 3 is 2.43 bits per heavy atom. The van der Waals surface area contributed by atoms with Crippen molar-refractivity contribution < 1.29 is 22.6 Å². The van der Waals surface area contributed by atoms with Gasteiger partial charge in [0.25, 0.3) is 5.19 Å². The van der Waals surface area contributed by atoms with Crippen LogP contribution in [0, 0.1) is 0 Å². The maximum Gasteiger partial charge on any atom is 0.573 e. The number of hydrogen-bond acceptors (Lipinski definition) is 4. The quantitative estimate of drug-likeness (QED) is 0.683. The van der Waals surface area contributed by atoms with E-state index in [2.05, 4.69) is 9.72 Å². The van der Waals surface area contributed by atoms with Crippen LogP contribution in [0.3, 0.4) is 0 Å². The number of nitrogens with zero attached hydrogens (tertiary/aromatic N) is 1. The maximum atomic E-state index is 12.2. The molecule has 0 fully saturated rings. The molecule has 0 aliphatic carbocycles. The Bertz CT molecular complexity index is 756. The lowest BCUT2D eigenvalue weighted by atomic mass is 10.3. The predicted molar refractivity (Wildman–Crippen MR) is 72.8 cm³/mol. The highest BCUT2D eigenvalue weighted by atomic mass is 32.1. The van der Waals surface area contributed by atoms with E-state index in [4.69, 9.17) is 4.74 Å². The monoisotopic (exact) mass is 311 g/mol. The van der Waals surface area contributed by atoms with Gasteiger partial charge in [0.05, 0.1) is 10.2 Å². The molecule has 0 spiro atoms. The summed E-state index contributed by atoms with van der Waals surface area (Å²) in [4.78, 5) is 4.21. The fraction of sp³-hybridized carbons (Fsp3) is 0.0714. The largest absolute Gasteiger partial charge is 0.573 e. The van der Waals surface area contributed by atoms with Gasteiger partial charge in [0.2, 0.25) is 0 Å². The first-order valence-electron chi connectivity index (χ1n) is 5.89. The summed E-state index contributed by atoms with van der Waals surface area (Å²) in [5.41, 5.74) is 0.556. The zero-order valence-corrected chi connectivity index (χ0v) is 11.2. The average Bonchev–Trinajstić information content (AvgIpc) is 2.79. The Morgan fingerprint density at radius 1 is 0.952 bits per heavy atom. The minimum atomic E-state index is -4.71. The number of thiazole rings is 1. The lowest BCUT2D eigenvalue weighted by Crippen LogP contribution is -2.16. The number of fused-ring (bicyclic) bond motifs is 1.